The number of para-hydroxylation sites is 1. The number of nitrogens with zero attached hydrogens (tertiary/aromatic N) is 1. The summed E-state index contributed by atoms with van der Waals surface area (Å²) in [6, 6.07) is 16.4. The van der Waals surface area contributed by atoms with Gasteiger partial charge in [0.1, 0.15) is 16.9 Å². The van der Waals surface area contributed by atoms with Gasteiger partial charge < -0.3 is 9.87 Å². The van der Waals surface area contributed by atoms with E-state index in [4.69, 9.17) is 0 Å². The molecule has 0 aliphatic carbocycles. The molecule has 2 N–H and O–H groups in total. The van der Waals surface area contributed by atoms with Gasteiger partial charge in [0, 0.05) is 23.7 Å². The number of benzene rings is 2. The third kappa shape index (κ3) is 4.33. The summed E-state index contributed by atoms with van der Waals surface area (Å²) in [5.41, 5.74) is 1.98. The SMILES string of the molecule is CCCCNC(=O)c1ccc(N[S+]([O-])c2cccc3cccnc23)cc1. The van der Waals surface area contributed by atoms with Crippen molar-refractivity contribution in [1.29, 1.82) is 0 Å². The fourth-order valence-corrected chi connectivity index (χ4v) is 3.57. The Balaban J connectivity index is 1.69. The molecular weight excluding hydrogens is 346 g/mol. The maximum atomic E-state index is 12.7. The maximum Gasteiger partial charge on any atom is 0.251 e. The minimum Gasteiger partial charge on any atom is -0.588 e. The largest absolute Gasteiger partial charge is 0.588 e. The van der Waals surface area contributed by atoms with Crippen molar-refractivity contribution in [2.24, 2.45) is 0 Å². The van der Waals surface area contributed by atoms with Crippen LogP contribution in [-0.4, -0.2) is 22.0 Å². The average molecular weight is 367 g/mol. The van der Waals surface area contributed by atoms with Gasteiger partial charge in [-0.1, -0.05) is 31.5 Å². The van der Waals surface area contributed by atoms with E-state index in [1.54, 1.807) is 36.5 Å². The van der Waals surface area contributed by atoms with Crippen molar-refractivity contribution in [1.82, 2.24) is 10.3 Å². The molecule has 3 aromatic rings. The first-order valence-electron chi connectivity index (χ1n) is 8.59. The summed E-state index contributed by atoms with van der Waals surface area (Å²) in [5, 5.41) is 3.82. The Morgan fingerprint density at radius 2 is 1.88 bits per heavy atom. The van der Waals surface area contributed by atoms with Crippen molar-refractivity contribution in [3.63, 3.8) is 0 Å². The molecule has 0 bridgehead atoms. The Bertz CT molecular complexity index is 878. The number of rotatable bonds is 7. The molecule has 1 amide bonds. The fourth-order valence-electron chi connectivity index (χ4n) is 2.56. The van der Waals surface area contributed by atoms with Crippen LogP contribution in [0.15, 0.2) is 65.7 Å². The lowest BCUT2D eigenvalue weighted by Crippen LogP contribution is -2.24. The summed E-state index contributed by atoms with van der Waals surface area (Å²) in [6.45, 7) is 2.76. The molecule has 0 aliphatic heterocycles. The summed E-state index contributed by atoms with van der Waals surface area (Å²) in [4.78, 5) is 17.0. The number of unbranched alkanes of at least 4 members (excludes halogenated alkanes) is 1. The molecule has 0 fully saturated rings. The quantitative estimate of drug-likeness (QED) is 0.490. The lowest BCUT2D eigenvalue weighted by molar-refractivity contribution is 0.0953. The second kappa shape index (κ2) is 8.69. The highest BCUT2D eigenvalue weighted by atomic mass is 32.2. The van der Waals surface area contributed by atoms with Crippen LogP contribution in [-0.2, 0) is 11.4 Å². The summed E-state index contributed by atoms with van der Waals surface area (Å²) in [6.07, 6.45) is 3.69. The molecular formula is C20H21N3O2S. The van der Waals surface area contributed by atoms with Crippen molar-refractivity contribution in [2.45, 2.75) is 24.7 Å². The number of carbonyl (C=O) groups is 1. The highest BCUT2D eigenvalue weighted by Gasteiger charge is 2.16. The van der Waals surface area contributed by atoms with Crippen molar-refractivity contribution in [3.05, 3.63) is 66.4 Å². The third-order valence-corrected chi connectivity index (χ3v) is 5.12. The monoisotopic (exact) mass is 367 g/mol. The first kappa shape index (κ1) is 18.2. The molecule has 26 heavy (non-hydrogen) atoms. The normalized spacial score (nSPS) is 11.9. The molecule has 0 aliphatic rings. The number of nitrogens with one attached hydrogen (secondary N) is 2. The van der Waals surface area contributed by atoms with E-state index in [1.807, 2.05) is 24.3 Å². The zero-order chi connectivity index (χ0) is 18.4. The van der Waals surface area contributed by atoms with Crippen LogP contribution in [0.4, 0.5) is 5.69 Å². The van der Waals surface area contributed by atoms with E-state index >= 15 is 0 Å². The first-order chi connectivity index (χ1) is 12.7. The summed E-state index contributed by atoms with van der Waals surface area (Å²) >= 11 is -1.45. The van der Waals surface area contributed by atoms with Crippen molar-refractivity contribution < 1.29 is 9.35 Å². The molecule has 1 heterocycles. The molecule has 0 radical (unpaired) electrons. The van der Waals surface area contributed by atoms with Gasteiger partial charge in [0.15, 0.2) is 0 Å². The summed E-state index contributed by atoms with van der Waals surface area (Å²) in [5.74, 6) is -0.0932. The van der Waals surface area contributed by atoms with E-state index in [1.165, 1.54) is 0 Å². The molecule has 0 saturated carbocycles. The minimum atomic E-state index is -1.45. The van der Waals surface area contributed by atoms with Crippen molar-refractivity contribution in [2.75, 3.05) is 11.3 Å². The van der Waals surface area contributed by atoms with E-state index < -0.39 is 11.4 Å². The summed E-state index contributed by atoms with van der Waals surface area (Å²) in [7, 11) is 0. The second-order valence-corrected chi connectivity index (χ2v) is 7.07. The van der Waals surface area contributed by atoms with Gasteiger partial charge in [0.2, 0.25) is 4.90 Å². The predicted molar refractivity (Wildman–Crippen MR) is 105 cm³/mol. The van der Waals surface area contributed by atoms with Crippen LogP contribution in [0.2, 0.25) is 0 Å². The Kier molecular flexibility index (Phi) is 6.09. The van der Waals surface area contributed by atoms with E-state index in [-0.39, 0.29) is 5.91 Å². The second-order valence-electron chi connectivity index (χ2n) is 5.89. The summed E-state index contributed by atoms with van der Waals surface area (Å²) < 4.78 is 15.7. The lowest BCUT2D eigenvalue weighted by Gasteiger charge is -2.13. The van der Waals surface area contributed by atoms with Gasteiger partial charge >= 0.3 is 0 Å². The van der Waals surface area contributed by atoms with E-state index in [0.29, 0.717) is 28.2 Å². The van der Waals surface area contributed by atoms with Gasteiger partial charge in [-0.25, -0.2) is 4.72 Å². The first-order valence-corrected chi connectivity index (χ1v) is 9.74. The van der Waals surface area contributed by atoms with Crippen LogP contribution < -0.4 is 10.0 Å². The van der Waals surface area contributed by atoms with Crippen LogP contribution >= 0.6 is 0 Å². The average Bonchev–Trinajstić information content (AvgIpc) is 2.68. The highest BCUT2D eigenvalue weighted by molar-refractivity contribution is 7.93. The molecule has 3 rings (SSSR count). The van der Waals surface area contributed by atoms with Gasteiger partial charge in [-0.3, -0.25) is 9.78 Å². The molecule has 1 aromatic heterocycles. The van der Waals surface area contributed by atoms with Crippen LogP contribution in [0.3, 0.4) is 0 Å². The smallest absolute Gasteiger partial charge is 0.251 e. The number of anilines is 1. The topological polar surface area (TPSA) is 77.1 Å². The van der Waals surface area contributed by atoms with Crippen LogP contribution in [0.5, 0.6) is 0 Å². The zero-order valence-corrected chi connectivity index (χ0v) is 15.4. The molecule has 1 atom stereocenters. The van der Waals surface area contributed by atoms with Crippen molar-refractivity contribution in [3.8, 4) is 0 Å². The molecule has 0 spiro atoms. The standard InChI is InChI=1S/C20H21N3O2S/c1-2-3-13-22-20(24)16-9-11-17(12-10-16)23-26(25)18-8-4-6-15-7-5-14-21-19(15)18/h4-12,14,23H,2-3,13H2,1H3,(H,22,24). The highest BCUT2D eigenvalue weighted by Crippen LogP contribution is 2.23. The lowest BCUT2D eigenvalue weighted by atomic mass is 10.2. The third-order valence-electron chi connectivity index (χ3n) is 3.97. The van der Waals surface area contributed by atoms with Gasteiger partial charge in [0.05, 0.1) is 5.69 Å². The number of carbonyl (C=O) groups excluding carboxylic acids is 1. The number of hydrogen-bond donors (Lipinski definition) is 2. The van der Waals surface area contributed by atoms with Gasteiger partial charge in [-0.15, -0.1) is 0 Å². The molecule has 6 heteroatoms. The Labute approximate surface area is 156 Å². The Hall–Kier alpha value is -2.57. The molecule has 134 valence electrons. The number of amides is 1. The Morgan fingerprint density at radius 3 is 2.65 bits per heavy atom. The van der Waals surface area contributed by atoms with E-state index in [9.17, 15) is 9.35 Å². The molecule has 1 unspecified atom stereocenters. The number of hydrogen-bond acceptors (Lipinski definition) is 4. The predicted octanol–water partition coefficient (Wildman–Crippen LogP) is 3.90. The van der Waals surface area contributed by atoms with Gasteiger partial charge in [-0.05, 0) is 42.8 Å². The maximum absolute atomic E-state index is 12.7. The van der Waals surface area contributed by atoms with Gasteiger partial charge in [0.25, 0.3) is 5.91 Å². The fraction of sp³-hybridized carbons (Fsp3) is 0.200. The molecule has 0 saturated heterocycles. The molecule has 2 aromatic carbocycles. The minimum absolute atomic E-state index is 0.0932. The molecule has 5 nitrogen and oxygen atoms in total. The van der Waals surface area contributed by atoms with Crippen LogP contribution in [0, 0.1) is 0 Å². The number of fused-ring (bicyclic) bond motifs is 1. The van der Waals surface area contributed by atoms with Gasteiger partial charge in [-0.2, -0.15) is 0 Å². The van der Waals surface area contributed by atoms with Crippen molar-refractivity contribution >= 4 is 33.9 Å². The zero-order valence-electron chi connectivity index (χ0n) is 14.6. The number of pyridine rings is 1. The Morgan fingerprint density at radius 1 is 1.12 bits per heavy atom. The van der Waals surface area contributed by atoms with E-state index in [2.05, 4.69) is 21.9 Å². The number of aromatic nitrogens is 1. The van der Waals surface area contributed by atoms with Crippen LogP contribution in [0.25, 0.3) is 10.9 Å². The van der Waals surface area contributed by atoms with Crippen LogP contribution in [0.1, 0.15) is 30.1 Å². The van der Waals surface area contributed by atoms with E-state index in [0.717, 1.165) is 18.2 Å².